The molecule has 2 aromatic heterocycles. The average molecular weight is 854 g/mol. The number of aryl methyl sites for hydroxylation is 1. The Morgan fingerprint density at radius 1 is 0.702 bits per heavy atom. The number of aromatic nitrogens is 2. The number of benzene rings is 5. The van der Waals surface area contributed by atoms with Crippen molar-refractivity contribution in [2.45, 2.75) is 43.9 Å². The Labute approximate surface area is 301 Å². The zero-order valence-electron chi connectivity index (χ0n) is 31.4. The molecule has 0 aliphatic heterocycles. The quantitative estimate of drug-likeness (QED) is 0.0979. The summed E-state index contributed by atoms with van der Waals surface area (Å²) in [6.45, 7) is 1.60. The fourth-order valence-corrected chi connectivity index (χ4v) is 7.65. The van der Waals surface area contributed by atoms with E-state index >= 15 is 0 Å². The molecule has 4 heteroatoms. The predicted octanol–water partition coefficient (Wildman–Crippen LogP) is 11.0. The first-order valence-electron chi connectivity index (χ1n) is 17.6. The van der Waals surface area contributed by atoms with Gasteiger partial charge in [-0.05, 0) is 23.0 Å². The normalized spacial score (nSPS) is 13.0. The zero-order chi connectivity index (χ0) is 35.7. The second-order valence-corrected chi connectivity index (χ2v) is 23.4. The van der Waals surface area contributed by atoms with E-state index in [1.807, 2.05) is 80.7 Å². The summed E-state index contributed by atoms with van der Waals surface area (Å²) in [5, 5.41) is 4.86. The van der Waals surface area contributed by atoms with Crippen molar-refractivity contribution in [3.05, 3.63) is 151 Å². The van der Waals surface area contributed by atoms with Crippen LogP contribution >= 0.6 is 0 Å². The Balaban J connectivity index is 0.000000194. The van der Waals surface area contributed by atoms with E-state index in [9.17, 15) is 0 Å². The predicted molar refractivity (Wildman–Crippen MR) is 199 cm³/mol. The molecule has 7 rings (SSSR count). The molecular weight excluding hydrogens is 809 g/mol. The van der Waals surface area contributed by atoms with E-state index in [2.05, 4.69) is 87.9 Å². The molecule has 0 bridgehead atoms. The molecular formula is C43H40GeIrN2-2. The first-order valence-corrected chi connectivity index (χ1v) is 22.9. The third kappa shape index (κ3) is 7.99. The summed E-state index contributed by atoms with van der Waals surface area (Å²) >= 11 is -1.91. The van der Waals surface area contributed by atoms with Gasteiger partial charge in [0.25, 0.3) is 0 Å². The fourth-order valence-electron chi connectivity index (χ4n) is 5.48. The van der Waals surface area contributed by atoms with E-state index < -0.39 is 26.0 Å². The van der Waals surface area contributed by atoms with Crippen molar-refractivity contribution in [3.8, 4) is 33.6 Å². The number of hydrogen-bond acceptors (Lipinski definition) is 2. The number of rotatable bonds is 5. The molecule has 2 heterocycles. The molecule has 0 amide bonds. The second kappa shape index (κ2) is 14.9. The number of pyridine rings is 2. The summed E-state index contributed by atoms with van der Waals surface area (Å²) in [5.41, 5.74) is 6.31. The maximum atomic E-state index is 8.22. The minimum absolute atomic E-state index is 0. The molecule has 5 aromatic carbocycles. The van der Waals surface area contributed by atoms with Crippen molar-refractivity contribution >= 4 is 39.2 Å². The number of hydrogen-bond donors (Lipinski definition) is 0. The van der Waals surface area contributed by atoms with Crippen LogP contribution in [0.2, 0.25) is 17.3 Å². The monoisotopic (exact) mass is 855 g/mol. The van der Waals surface area contributed by atoms with Crippen molar-refractivity contribution in [2.24, 2.45) is 0 Å². The Hall–Kier alpha value is -3.89. The van der Waals surface area contributed by atoms with Gasteiger partial charge < -0.3 is 4.98 Å². The van der Waals surface area contributed by atoms with Crippen LogP contribution in [0.3, 0.4) is 0 Å². The van der Waals surface area contributed by atoms with Crippen LogP contribution in [-0.2, 0) is 20.1 Å². The van der Waals surface area contributed by atoms with E-state index in [4.69, 9.17) is 5.48 Å². The molecule has 0 spiro atoms. The molecule has 47 heavy (non-hydrogen) atoms. The van der Waals surface area contributed by atoms with Crippen molar-refractivity contribution in [1.29, 1.82) is 0 Å². The van der Waals surface area contributed by atoms with E-state index in [0.29, 0.717) is 11.1 Å². The maximum absolute atomic E-state index is 8.22. The van der Waals surface area contributed by atoms with Gasteiger partial charge in [-0.1, -0.05) is 72.6 Å². The molecule has 0 saturated heterocycles. The van der Waals surface area contributed by atoms with Gasteiger partial charge >= 0.3 is 146 Å². The van der Waals surface area contributed by atoms with Gasteiger partial charge in [-0.3, -0.25) is 0 Å². The minimum Gasteiger partial charge on any atom is 0 e. The van der Waals surface area contributed by atoms with Crippen LogP contribution in [0.5, 0.6) is 0 Å². The van der Waals surface area contributed by atoms with Crippen LogP contribution in [0.25, 0.3) is 55.2 Å². The van der Waals surface area contributed by atoms with E-state index in [1.165, 1.54) is 25.9 Å². The van der Waals surface area contributed by atoms with Gasteiger partial charge in [-0.15, -0.1) is 29.1 Å². The van der Waals surface area contributed by atoms with Gasteiger partial charge in [0.1, 0.15) is 0 Å². The molecule has 0 unspecified atom stereocenters. The summed E-state index contributed by atoms with van der Waals surface area (Å²) in [5.74, 6) is 6.37. The van der Waals surface area contributed by atoms with E-state index in [1.54, 1.807) is 12.3 Å². The Morgan fingerprint density at radius 2 is 1.43 bits per heavy atom. The Kier molecular flexibility index (Phi) is 9.28. The summed E-state index contributed by atoms with van der Waals surface area (Å²) < 4.78 is 33.1. The largest absolute Gasteiger partial charge is 0 e. The topological polar surface area (TPSA) is 25.8 Å². The molecule has 0 fully saturated rings. The van der Waals surface area contributed by atoms with Gasteiger partial charge in [0.2, 0.25) is 0 Å². The second-order valence-electron chi connectivity index (χ2n) is 12.8. The van der Waals surface area contributed by atoms with Gasteiger partial charge in [0.05, 0.1) is 0 Å². The van der Waals surface area contributed by atoms with Crippen molar-refractivity contribution < 1.29 is 25.6 Å². The summed E-state index contributed by atoms with van der Waals surface area (Å²) in [6, 6.07) is 44.5. The molecule has 0 aliphatic rings. The van der Waals surface area contributed by atoms with Crippen molar-refractivity contribution in [1.82, 2.24) is 9.97 Å². The zero-order valence-corrected chi connectivity index (χ0v) is 31.8. The molecule has 2 nitrogen and oxygen atoms in total. The Bertz CT molecular complexity index is 2270. The van der Waals surface area contributed by atoms with Crippen LogP contribution in [0.4, 0.5) is 0 Å². The summed E-state index contributed by atoms with van der Waals surface area (Å²) in [7, 11) is 0. The van der Waals surface area contributed by atoms with E-state index in [0.717, 1.165) is 33.6 Å². The molecule has 0 aliphatic carbocycles. The van der Waals surface area contributed by atoms with Crippen LogP contribution < -0.4 is 4.40 Å². The maximum Gasteiger partial charge on any atom is 0 e. The smallest absolute Gasteiger partial charge is 0 e. The number of fused-ring (bicyclic) bond motifs is 3. The van der Waals surface area contributed by atoms with Crippen molar-refractivity contribution in [3.63, 3.8) is 0 Å². The van der Waals surface area contributed by atoms with Crippen LogP contribution in [0, 0.1) is 19.0 Å². The van der Waals surface area contributed by atoms with Gasteiger partial charge in [-0.2, -0.15) is 0 Å². The SMILES string of the molecule is [2H]C(C)(C)c1ccnc(-c2[c-]cc3c(ccc4ccccc43)c2)c1.[2H]C([2H])([2H])c1c[c-]c(-c2cc[c]([Ge]([CH3])([CH3])[CH3])cn2)cc1-c1ccccc1.[Ir]. The molecule has 0 saturated carbocycles. The first-order chi connectivity index (χ1) is 23.7. The third-order valence-corrected chi connectivity index (χ3v) is 12.5. The van der Waals surface area contributed by atoms with Gasteiger partial charge in [0.15, 0.2) is 0 Å². The minimum atomic E-state index is -2.18. The van der Waals surface area contributed by atoms with Crippen LogP contribution in [0.15, 0.2) is 128 Å². The number of nitrogens with zero attached hydrogens (tertiary/aromatic N) is 2. The van der Waals surface area contributed by atoms with Crippen LogP contribution in [-0.4, -0.2) is 23.2 Å². The van der Waals surface area contributed by atoms with E-state index in [-0.39, 0.29) is 20.1 Å². The van der Waals surface area contributed by atoms with Crippen molar-refractivity contribution in [2.75, 3.05) is 0 Å². The van der Waals surface area contributed by atoms with Crippen LogP contribution in [0.1, 0.15) is 36.4 Å². The Morgan fingerprint density at radius 3 is 2.15 bits per heavy atom. The molecule has 1 radical (unpaired) electrons. The van der Waals surface area contributed by atoms with Gasteiger partial charge in [0, 0.05) is 27.7 Å². The average Bonchev–Trinajstić information content (AvgIpc) is 3.11. The molecule has 0 atom stereocenters. The fraction of sp³-hybridized carbons (Fsp3) is 0.163. The molecule has 237 valence electrons. The standard InChI is InChI=1S/C22H18N.C21H22GeN.Ir/c1-15(2)17-11-12-23-22(14-17)19-9-10-21-18(13-19)8-7-16-5-3-4-6-20(16)21;1-16-10-11-18(14-20(16)17-8-6-5-7-9-17)21-13-12-19(15-23-21)22(2,3)4;/h3-8,10-15H,1-2H3;5-10,12-15H,1-4H3;/q2*-1;/i15D;1D3;. The summed E-state index contributed by atoms with van der Waals surface area (Å²) in [6.07, 6.45) is 3.74. The summed E-state index contributed by atoms with van der Waals surface area (Å²) in [4.78, 5) is 9.09. The molecule has 0 N–H and O–H groups in total. The molecule has 7 aromatic rings. The first kappa shape index (κ1) is 29.3. The van der Waals surface area contributed by atoms with Gasteiger partial charge in [-0.25, -0.2) is 0 Å². The third-order valence-electron chi connectivity index (χ3n) is 8.23.